The fourth-order valence-corrected chi connectivity index (χ4v) is 2.41. The van der Waals surface area contributed by atoms with E-state index in [0.717, 1.165) is 10.9 Å². The quantitative estimate of drug-likeness (QED) is 0.745. The molecule has 2 aliphatic rings. The molecule has 0 aromatic heterocycles. The number of hydrogen-bond acceptors (Lipinski definition) is 4. The molecule has 4 nitrogen and oxygen atoms in total. The van der Waals surface area contributed by atoms with Crippen LogP contribution in [-0.2, 0) is 18.6 Å². The van der Waals surface area contributed by atoms with Crippen LogP contribution in [0.15, 0.2) is 24.3 Å². The lowest BCUT2D eigenvalue weighted by Gasteiger charge is -2.16. The van der Waals surface area contributed by atoms with E-state index in [4.69, 9.17) is 18.6 Å². The van der Waals surface area contributed by atoms with E-state index in [2.05, 4.69) is 0 Å². The molecule has 2 saturated heterocycles. The Hall–Kier alpha value is -0.810. The normalized spacial score (nSPS) is 24.4. The van der Waals surface area contributed by atoms with Crippen LogP contribution in [0.1, 0.15) is 27.7 Å². The highest BCUT2D eigenvalue weighted by atomic mass is 16.7. The lowest BCUT2D eigenvalue weighted by molar-refractivity contribution is 0.136. The second-order valence-electron chi connectivity index (χ2n) is 6.71. The van der Waals surface area contributed by atoms with Crippen molar-refractivity contribution < 1.29 is 18.6 Å². The van der Waals surface area contributed by atoms with Crippen LogP contribution in [0.25, 0.3) is 0 Å². The van der Waals surface area contributed by atoms with Gasteiger partial charge in [-0.25, -0.2) is 0 Å². The third kappa shape index (κ3) is 2.93. The molecular formula is C14H20B2O4. The number of benzene rings is 1. The lowest BCUT2D eigenvalue weighted by Crippen LogP contribution is -2.38. The molecule has 106 valence electrons. The predicted molar refractivity (Wildman–Crippen MR) is 79.5 cm³/mol. The molecule has 0 aliphatic carbocycles. The Morgan fingerprint density at radius 3 is 1.35 bits per heavy atom. The second-order valence-corrected chi connectivity index (χ2v) is 6.71. The third-order valence-corrected chi connectivity index (χ3v) is 3.50. The fourth-order valence-electron chi connectivity index (χ4n) is 2.41. The summed E-state index contributed by atoms with van der Waals surface area (Å²) in [6.45, 7) is 9.35. The lowest BCUT2D eigenvalue weighted by atomic mass is 9.74. The van der Waals surface area contributed by atoms with Gasteiger partial charge in [0.05, 0.1) is 24.4 Å². The summed E-state index contributed by atoms with van der Waals surface area (Å²) in [6.07, 6.45) is 0. The molecule has 0 unspecified atom stereocenters. The Morgan fingerprint density at radius 1 is 0.750 bits per heavy atom. The molecule has 6 heteroatoms. The summed E-state index contributed by atoms with van der Waals surface area (Å²) in [4.78, 5) is 0. The van der Waals surface area contributed by atoms with Gasteiger partial charge in [-0.1, -0.05) is 24.3 Å². The minimum atomic E-state index is -0.277. The van der Waals surface area contributed by atoms with Gasteiger partial charge in [-0.2, -0.15) is 0 Å². The molecule has 0 bridgehead atoms. The maximum Gasteiger partial charge on any atom is 0.494 e. The van der Waals surface area contributed by atoms with E-state index in [-0.39, 0.29) is 25.4 Å². The first kappa shape index (κ1) is 14.1. The molecule has 0 saturated carbocycles. The van der Waals surface area contributed by atoms with Crippen molar-refractivity contribution in [3.05, 3.63) is 24.3 Å². The average molecular weight is 274 g/mol. The van der Waals surface area contributed by atoms with E-state index in [1.54, 1.807) is 0 Å². The Morgan fingerprint density at radius 2 is 1.10 bits per heavy atom. The molecule has 2 heterocycles. The molecule has 3 rings (SSSR count). The summed E-state index contributed by atoms with van der Waals surface area (Å²) in [5.41, 5.74) is 1.61. The van der Waals surface area contributed by atoms with Crippen LogP contribution in [0, 0.1) is 0 Å². The van der Waals surface area contributed by atoms with Gasteiger partial charge in [0.2, 0.25) is 0 Å². The summed E-state index contributed by atoms with van der Waals surface area (Å²) in [5, 5.41) is 0. The molecule has 0 atom stereocenters. The first-order valence-corrected chi connectivity index (χ1v) is 7.03. The first-order valence-electron chi connectivity index (χ1n) is 7.03. The zero-order valence-corrected chi connectivity index (χ0v) is 12.5. The van der Waals surface area contributed by atoms with Gasteiger partial charge >= 0.3 is 14.2 Å². The maximum atomic E-state index is 5.85. The highest BCUT2D eigenvalue weighted by Crippen LogP contribution is 2.20. The summed E-state index contributed by atoms with van der Waals surface area (Å²) < 4.78 is 23.0. The van der Waals surface area contributed by atoms with Crippen LogP contribution in [0.5, 0.6) is 0 Å². The smallest absolute Gasteiger partial charge is 0.404 e. The van der Waals surface area contributed by atoms with Crippen molar-refractivity contribution in [3.8, 4) is 0 Å². The van der Waals surface area contributed by atoms with Crippen molar-refractivity contribution in [3.63, 3.8) is 0 Å². The molecule has 0 amide bonds. The van der Waals surface area contributed by atoms with Crippen LogP contribution in [0.2, 0.25) is 0 Å². The van der Waals surface area contributed by atoms with E-state index in [0.29, 0.717) is 13.2 Å². The van der Waals surface area contributed by atoms with Crippen molar-refractivity contribution in [1.29, 1.82) is 0 Å². The van der Waals surface area contributed by atoms with Gasteiger partial charge < -0.3 is 18.6 Å². The standard InChI is InChI=1S/C14H20B2O4/c1-13(2)9-17-15(19-13)11-5-7-12(8-6-11)16-18-10-14(3,4)20-16/h5-8H,9-10H2,1-4H3. The van der Waals surface area contributed by atoms with Crippen molar-refractivity contribution in [2.24, 2.45) is 0 Å². The number of rotatable bonds is 2. The minimum absolute atomic E-state index is 0.217. The van der Waals surface area contributed by atoms with Crippen LogP contribution in [0.4, 0.5) is 0 Å². The SMILES string of the molecule is CC1(C)COB(c2ccc(B3OCC(C)(C)O3)cc2)O1. The summed E-state index contributed by atoms with van der Waals surface area (Å²) >= 11 is 0. The minimum Gasteiger partial charge on any atom is -0.404 e. The van der Waals surface area contributed by atoms with Gasteiger partial charge in [0.1, 0.15) is 0 Å². The van der Waals surface area contributed by atoms with Gasteiger partial charge in [-0.3, -0.25) is 0 Å². The molecule has 0 N–H and O–H groups in total. The van der Waals surface area contributed by atoms with Crippen LogP contribution in [-0.4, -0.2) is 38.7 Å². The molecule has 2 fully saturated rings. The highest BCUT2D eigenvalue weighted by molar-refractivity contribution is 6.64. The first-order chi connectivity index (χ1) is 9.35. The van der Waals surface area contributed by atoms with Gasteiger partial charge in [0.25, 0.3) is 0 Å². The Kier molecular flexibility index (Phi) is 3.45. The molecule has 1 aromatic rings. The van der Waals surface area contributed by atoms with Crippen LogP contribution >= 0.6 is 0 Å². The molecular weight excluding hydrogens is 254 g/mol. The molecule has 0 spiro atoms. The van der Waals surface area contributed by atoms with Crippen LogP contribution in [0.3, 0.4) is 0 Å². The fraction of sp³-hybridized carbons (Fsp3) is 0.571. The van der Waals surface area contributed by atoms with E-state index in [1.807, 2.05) is 52.0 Å². The van der Waals surface area contributed by atoms with Crippen molar-refractivity contribution >= 4 is 25.2 Å². The summed E-state index contributed by atoms with van der Waals surface area (Å²) in [5.74, 6) is 0. The van der Waals surface area contributed by atoms with E-state index >= 15 is 0 Å². The largest absolute Gasteiger partial charge is 0.494 e. The topological polar surface area (TPSA) is 36.9 Å². The van der Waals surface area contributed by atoms with Gasteiger partial charge in [0.15, 0.2) is 0 Å². The average Bonchev–Trinajstić information content (AvgIpc) is 2.92. The van der Waals surface area contributed by atoms with Crippen molar-refractivity contribution in [2.75, 3.05) is 13.2 Å². The predicted octanol–water partition coefficient (Wildman–Crippen LogP) is 0.728. The third-order valence-electron chi connectivity index (χ3n) is 3.50. The van der Waals surface area contributed by atoms with Crippen molar-refractivity contribution in [1.82, 2.24) is 0 Å². The molecule has 2 aliphatic heterocycles. The van der Waals surface area contributed by atoms with E-state index in [1.165, 1.54) is 0 Å². The Labute approximate surface area is 121 Å². The second kappa shape index (κ2) is 4.88. The number of hydrogen-bond donors (Lipinski definition) is 0. The molecule has 0 radical (unpaired) electrons. The monoisotopic (exact) mass is 274 g/mol. The van der Waals surface area contributed by atoms with E-state index in [9.17, 15) is 0 Å². The zero-order chi connectivity index (χ0) is 14.4. The Bertz CT molecular complexity index is 441. The van der Waals surface area contributed by atoms with E-state index < -0.39 is 0 Å². The maximum absolute atomic E-state index is 5.85. The van der Waals surface area contributed by atoms with Gasteiger partial charge in [-0.15, -0.1) is 0 Å². The zero-order valence-electron chi connectivity index (χ0n) is 12.5. The van der Waals surface area contributed by atoms with Crippen LogP contribution < -0.4 is 10.9 Å². The summed E-state index contributed by atoms with van der Waals surface area (Å²) in [7, 11) is -0.554. The van der Waals surface area contributed by atoms with Crippen molar-refractivity contribution in [2.45, 2.75) is 38.9 Å². The van der Waals surface area contributed by atoms with Gasteiger partial charge in [0, 0.05) is 0 Å². The molecule has 1 aromatic carbocycles. The summed E-state index contributed by atoms with van der Waals surface area (Å²) in [6, 6.07) is 8.05. The Balaban J connectivity index is 1.69. The highest BCUT2D eigenvalue weighted by Gasteiger charge is 2.40. The van der Waals surface area contributed by atoms with Gasteiger partial charge in [-0.05, 0) is 38.6 Å². The molecule has 20 heavy (non-hydrogen) atoms.